The number of nitrogens with zero attached hydrogens (tertiary/aromatic N) is 3. The van der Waals surface area contributed by atoms with E-state index >= 15 is 0 Å². The number of likely N-dealkylation sites (N-methyl/N-ethyl adjacent to an activating group) is 1. The Kier molecular flexibility index (Phi) is 5.84. The van der Waals surface area contributed by atoms with Crippen molar-refractivity contribution >= 4 is 11.7 Å². The van der Waals surface area contributed by atoms with E-state index in [9.17, 15) is 9.90 Å². The number of amides is 1. The summed E-state index contributed by atoms with van der Waals surface area (Å²) in [6, 6.07) is 0. The first-order valence-corrected chi connectivity index (χ1v) is 6.15. The predicted octanol–water partition coefficient (Wildman–Crippen LogP) is -2.98. The van der Waals surface area contributed by atoms with Crippen LogP contribution in [0.3, 0.4) is 0 Å². The quantitative estimate of drug-likeness (QED) is 0.580. The van der Waals surface area contributed by atoms with Gasteiger partial charge in [-0.2, -0.15) is 0 Å². The van der Waals surface area contributed by atoms with Crippen molar-refractivity contribution in [3.63, 3.8) is 0 Å². The second-order valence-corrected chi connectivity index (χ2v) is 5.09. The minimum absolute atomic E-state index is 0. The summed E-state index contributed by atoms with van der Waals surface area (Å²) >= 11 is 0. The van der Waals surface area contributed by atoms with E-state index in [1.807, 2.05) is 7.05 Å². The summed E-state index contributed by atoms with van der Waals surface area (Å²) in [5.41, 5.74) is 0. The average molecular weight is 331 g/mol. The second-order valence-electron chi connectivity index (χ2n) is 5.09. The Labute approximate surface area is 123 Å². The summed E-state index contributed by atoms with van der Waals surface area (Å²) in [4.78, 5) is 19.8. The van der Waals surface area contributed by atoms with Crippen molar-refractivity contribution < 1.29 is 31.4 Å². The fourth-order valence-corrected chi connectivity index (χ4v) is 2.23. The van der Waals surface area contributed by atoms with Crippen molar-refractivity contribution in [2.75, 3.05) is 32.0 Å². The summed E-state index contributed by atoms with van der Waals surface area (Å²) in [6.45, 7) is 2.06. The molecule has 6 nitrogen and oxygen atoms in total. The van der Waals surface area contributed by atoms with Crippen LogP contribution in [0.1, 0.15) is 12.8 Å². The minimum Gasteiger partial charge on any atom is -1.00 e. The molecule has 2 N–H and O–H groups in total. The summed E-state index contributed by atoms with van der Waals surface area (Å²) < 4.78 is 0.670. The van der Waals surface area contributed by atoms with Gasteiger partial charge in [-0.1, -0.05) is 0 Å². The predicted molar refractivity (Wildman–Crippen MR) is 66.7 cm³/mol. The molecule has 1 amide bonds. The zero-order valence-electron chi connectivity index (χ0n) is 10.9. The van der Waals surface area contributed by atoms with E-state index in [4.69, 9.17) is 0 Å². The number of piperidine rings is 1. The number of nitrogens with one attached hydrogen (secondary N) is 1. The number of aromatic nitrogens is 2. The summed E-state index contributed by atoms with van der Waals surface area (Å²) in [7, 11) is 2.04. The van der Waals surface area contributed by atoms with Gasteiger partial charge in [-0.05, 0) is 0 Å². The highest BCUT2D eigenvalue weighted by Crippen LogP contribution is 2.16. The Morgan fingerprint density at radius 2 is 2.16 bits per heavy atom. The van der Waals surface area contributed by atoms with Crippen molar-refractivity contribution in [3.05, 3.63) is 18.6 Å². The molecule has 1 fully saturated rings. The summed E-state index contributed by atoms with van der Waals surface area (Å²) in [5.74, 6) is 0.417. The van der Waals surface area contributed by atoms with E-state index < -0.39 is 0 Å². The van der Waals surface area contributed by atoms with Crippen molar-refractivity contribution in [2.45, 2.75) is 18.9 Å². The number of aliphatic hydroxyl groups is 1. The van der Waals surface area contributed by atoms with Crippen molar-refractivity contribution in [2.24, 2.45) is 0 Å². The van der Waals surface area contributed by atoms with Crippen LogP contribution in [0.2, 0.25) is 0 Å². The molecule has 0 aliphatic carbocycles. The molecule has 1 aromatic heterocycles. The summed E-state index contributed by atoms with van der Waals surface area (Å²) in [6.07, 6.45) is 5.94. The molecule has 1 aliphatic rings. The Morgan fingerprint density at radius 3 is 2.74 bits per heavy atom. The number of anilines is 1. The first-order chi connectivity index (χ1) is 8.57. The van der Waals surface area contributed by atoms with Gasteiger partial charge in [0.05, 0.1) is 32.4 Å². The van der Waals surface area contributed by atoms with E-state index in [0.29, 0.717) is 16.8 Å². The molecule has 1 saturated heterocycles. The topological polar surface area (TPSA) is 75.1 Å². The van der Waals surface area contributed by atoms with Gasteiger partial charge in [0.15, 0.2) is 12.4 Å². The zero-order valence-corrected chi connectivity index (χ0v) is 12.5. The molecule has 0 saturated carbocycles. The van der Waals surface area contributed by atoms with Gasteiger partial charge in [0.1, 0.15) is 0 Å². The molecular weight excluding hydrogens is 312 g/mol. The molecule has 19 heavy (non-hydrogen) atoms. The Balaban J connectivity index is 0.00000180. The maximum Gasteiger partial charge on any atom is 0.280 e. The van der Waals surface area contributed by atoms with E-state index in [1.165, 1.54) is 6.20 Å². The third-order valence-corrected chi connectivity index (χ3v) is 3.36. The SMILES string of the molecule is C[N+]1(CC(=O)Nc2cnccn2)CCC(O)CC1.[Br-]. The van der Waals surface area contributed by atoms with Gasteiger partial charge >= 0.3 is 0 Å². The van der Waals surface area contributed by atoms with Crippen molar-refractivity contribution in [1.29, 1.82) is 0 Å². The van der Waals surface area contributed by atoms with Gasteiger partial charge in [0, 0.05) is 25.2 Å². The first kappa shape index (κ1) is 16.0. The lowest BCUT2D eigenvalue weighted by Crippen LogP contribution is -3.00. The van der Waals surface area contributed by atoms with Crippen LogP contribution in [0.4, 0.5) is 5.82 Å². The number of hydrogen-bond acceptors (Lipinski definition) is 4. The fourth-order valence-electron chi connectivity index (χ4n) is 2.23. The maximum absolute atomic E-state index is 11.9. The van der Waals surface area contributed by atoms with E-state index in [1.54, 1.807) is 12.4 Å². The highest BCUT2D eigenvalue weighted by Gasteiger charge is 2.31. The minimum atomic E-state index is -0.209. The Hall–Kier alpha value is -1.05. The van der Waals surface area contributed by atoms with Crippen LogP contribution >= 0.6 is 0 Å². The average Bonchev–Trinajstić information content (AvgIpc) is 2.34. The van der Waals surface area contributed by atoms with E-state index in [2.05, 4.69) is 15.3 Å². The zero-order chi connectivity index (χ0) is 13.0. The standard InChI is InChI=1S/C12H18N4O2.BrH/c1-16(6-2-10(17)3-7-16)9-12(18)15-11-8-13-4-5-14-11;/h4-5,8,10,17H,2-3,6-7,9H2,1H3;1H. The van der Waals surface area contributed by atoms with Gasteiger partial charge in [0.2, 0.25) is 0 Å². The molecule has 1 aliphatic heterocycles. The molecule has 1 aromatic rings. The number of halogens is 1. The molecule has 7 heteroatoms. The number of aliphatic hydroxyl groups excluding tert-OH is 1. The Morgan fingerprint density at radius 1 is 1.47 bits per heavy atom. The highest BCUT2D eigenvalue weighted by atomic mass is 79.9. The maximum atomic E-state index is 11.9. The van der Waals surface area contributed by atoms with Gasteiger partial charge in [-0.15, -0.1) is 0 Å². The van der Waals surface area contributed by atoms with Crippen LogP contribution in [0, 0.1) is 0 Å². The van der Waals surface area contributed by atoms with E-state index in [0.717, 1.165) is 25.9 Å². The van der Waals surface area contributed by atoms with Gasteiger partial charge in [-0.25, -0.2) is 4.98 Å². The van der Waals surface area contributed by atoms with Gasteiger partial charge in [0.25, 0.3) is 5.91 Å². The summed E-state index contributed by atoms with van der Waals surface area (Å²) in [5, 5.41) is 12.2. The molecule has 2 rings (SSSR count). The molecule has 0 aromatic carbocycles. The van der Waals surface area contributed by atoms with Crippen LogP contribution in [-0.4, -0.2) is 58.3 Å². The van der Waals surface area contributed by atoms with Crippen LogP contribution in [0.15, 0.2) is 18.6 Å². The van der Waals surface area contributed by atoms with Crippen LogP contribution < -0.4 is 22.3 Å². The molecule has 2 heterocycles. The third kappa shape index (κ3) is 4.85. The largest absolute Gasteiger partial charge is 1.00 e. The fraction of sp³-hybridized carbons (Fsp3) is 0.583. The molecule has 106 valence electrons. The molecule has 0 bridgehead atoms. The van der Waals surface area contributed by atoms with Gasteiger partial charge in [-0.3, -0.25) is 9.78 Å². The molecule has 0 unspecified atom stereocenters. The van der Waals surface area contributed by atoms with Crippen LogP contribution in [0.25, 0.3) is 0 Å². The smallest absolute Gasteiger partial charge is 0.280 e. The van der Waals surface area contributed by atoms with Gasteiger partial charge < -0.3 is 31.9 Å². The number of carbonyl (C=O) groups excluding carboxylic acids is 1. The highest BCUT2D eigenvalue weighted by molar-refractivity contribution is 5.90. The molecule has 0 atom stereocenters. The number of hydrogen-bond donors (Lipinski definition) is 2. The number of carbonyl (C=O) groups is 1. The first-order valence-electron chi connectivity index (χ1n) is 6.15. The molecule has 0 radical (unpaired) electrons. The number of likely N-dealkylation sites (tertiary alicyclic amines) is 1. The molecular formula is C12H19BrN4O2. The van der Waals surface area contributed by atoms with Crippen LogP contribution in [-0.2, 0) is 4.79 Å². The normalized spacial score (nSPS) is 26.3. The second kappa shape index (κ2) is 6.93. The van der Waals surface area contributed by atoms with Crippen molar-refractivity contribution in [3.8, 4) is 0 Å². The van der Waals surface area contributed by atoms with Crippen molar-refractivity contribution in [1.82, 2.24) is 9.97 Å². The number of rotatable bonds is 3. The lowest BCUT2D eigenvalue weighted by Gasteiger charge is -2.38. The van der Waals surface area contributed by atoms with Crippen LogP contribution in [0.5, 0.6) is 0 Å². The van der Waals surface area contributed by atoms with E-state index in [-0.39, 0.29) is 29.0 Å². The lowest BCUT2D eigenvalue weighted by atomic mass is 10.1. The Bertz CT molecular complexity index is 407. The monoisotopic (exact) mass is 330 g/mol. The lowest BCUT2D eigenvalue weighted by molar-refractivity contribution is -0.907. The molecule has 0 spiro atoms. The third-order valence-electron chi connectivity index (χ3n) is 3.36. The number of quaternary nitrogens is 1.